The highest BCUT2D eigenvalue weighted by Gasteiger charge is 2.42. The van der Waals surface area contributed by atoms with E-state index >= 15 is 0 Å². The predicted octanol–water partition coefficient (Wildman–Crippen LogP) is 1.79. The normalized spacial score (nSPS) is 28.1. The van der Waals surface area contributed by atoms with Crippen molar-refractivity contribution in [2.75, 3.05) is 18.6 Å². The fraction of sp³-hybridized carbons (Fsp3) is 0.533. The summed E-state index contributed by atoms with van der Waals surface area (Å²) in [5.74, 6) is -0.579. The minimum Gasteiger partial charge on any atom is -0.353 e. The molecule has 24 heavy (non-hydrogen) atoms. The topological polar surface area (TPSA) is 70.6 Å². The van der Waals surface area contributed by atoms with Crippen molar-refractivity contribution in [3.63, 3.8) is 0 Å². The summed E-state index contributed by atoms with van der Waals surface area (Å²) in [7, 11) is -1.39. The molecule has 1 saturated heterocycles. The third-order valence-corrected chi connectivity index (χ3v) is 6.05. The van der Waals surface area contributed by atoms with E-state index in [-0.39, 0.29) is 59.0 Å². The zero-order valence-electron chi connectivity index (χ0n) is 13.1. The number of halogens is 3. The van der Waals surface area contributed by atoms with Crippen molar-refractivity contribution < 1.29 is 17.2 Å². The van der Waals surface area contributed by atoms with Crippen molar-refractivity contribution in [3.8, 4) is 0 Å². The van der Waals surface area contributed by atoms with Gasteiger partial charge in [0.25, 0.3) is 0 Å². The van der Waals surface area contributed by atoms with Crippen LogP contribution in [0.25, 0.3) is 0 Å². The molecule has 9 heteroatoms. The van der Waals surface area contributed by atoms with E-state index in [1.54, 1.807) is 7.05 Å². The van der Waals surface area contributed by atoms with Crippen molar-refractivity contribution in [2.24, 2.45) is 4.99 Å². The molecule has 134 valence electrons. The molecule has 2 aliphatic rings. The number of hydrogen-bond acceptors (Lipinski definition) is 3. The van der Waals surface area contributed by atoms with Crippen molar-refractivity contribution >= 4 is 39.8 Å². The summed E-state index contributed by atoms with van der Waals surface area (Å²) in [5, 5.41) is 6.17. The van der Waals surface area contributed by atoms with Crippen molar-refractivity contribution in [2.45, 2.75) is 30.8 Å². The van der Waals surface area contributed by atoms with Crippen LogP contribution in [-0.2, 0) is 9.84 Å². The molecule has 3 atom stereocenters. The molecule has 0 bridgehead atoms. The molecule has 5 nitrogen and oxygen atoms in total. The van der Waals surface area contributed by atoms with Crippen LogP contribution in [0.4, 0.5) is 8.78 Å². The van der Waals surface area contributed by atoms with Crippen LogP contribution in [0.3, 0.4) is 0 Å². The highest BCUT2D eigenvalue weighted by atomic mass is 127. The average molecular weight is 471 g/mol. The first kappa shape index (κ1) is 19.4. The molecule has 0 radical (unpaired) electrons. The summed E-state index contributed by atoms with van der Waals surface area (Å²) < 4.78 is 50.5. The monoisotopic (exact) mass is 471 g/mol. The first-order valence-corrected chi connectivity index (χ1v) is 9.36. The summed E-state index contributed by atoms with van der Waals surface area (Å²) in [6.07, 6.45) is 1.15. The summed E-state index contributed by atoms with van der Waals surface area (Å²) in [5.41, 5.74) is 0.101. The molecule has 3 rings (SSSR count). The Kier molecular flexibility index (Phi) is 6.05. The van der Waals surface area contributed by atoms with Gasteiger partial charge in [-0.25, -0.2) is 17.2 Å². The van der Waals surface area contributed by atoms with Crippen molar-refractivity contribution in [1.82, 2.24) is 10.6 Å². The van der Waals surface area contributed by atoms with Crippen LogP contribution >= 0.6 is 24.0 Å². The van der Waals surface area contributed by atoms with Gasteiger partial charge in [-0.2, -0.15) is 0 Å². The maximum Gasteiger partial charge on any atom is 0.191 e. The predicted molar refractivity (Wildman–Crippen MR) is 99.6 cm³/mol. The average Bonchev–Trinajstić information content (AvgIpc) is 3.13. The van der Waals surface area contributed by atoms with Crippen LogP contribution < -0.4 is 10.6 Å². The minimum atomic E-state index is -2.97. The smallest absolute Gasteiger partial charge is 0.191 e. The molecule has 1 aliphatic carbocycles. The van der Waals surface area contributed by atoms with E-state index in [1.807, 2.05) is 0 Å². The van der Waals surface area contributed by atoms with E-state index in [0.717, 1.165) is 0 Å². The second kappa shape index (κ2) is 7.51. The maximum atomic E-state index is 13.8. The molecule has 1 aliphatic heterocycles. The van der Waals surface area contributed by atoms with Gasteiger partial charge in [0.2, 0.25) is 0 Å². The van der Waals surface area contributed by atoms with Gasteiger partial charge < -0.3 is 10.6 Å². The highest BCUT2D eigenvalue weighted by molar-refractivity contribution is 14.0. The number of benzene rings is 1. The molecule has 1 heterocycles. The molecule has 3 unspecified atom stereocenters. The third-order valence-electron chi connectivity index (χ3n) is 4.28. The van der Waals surface area contributed by atoms with E-state index in [2.05, 4.69) is 15.6 Å². The molecule has 1 saturated carbocycles. The van der Waals surface area contributed by atoms with Crippen molar-refractivity contribution in [1.29, 1.82) is 0 Å². The Morgan fingerprint density at radius 1 is 1.25 bits per heavy atom. The lowest BCUT2D eigenvalue weighted by atomic mass is 10.1. The number of rotatable bonds is 3. The SMILES string of the molecule is CN=C(NC1CCS(=O)(=O)C1)NC1CC1c1c(F)cccc1F.I. The third kappa shape index (κ3) is 4.35. The molecule has 1 aromatic rings. The standard InChI is InChI=1S/C15H19F2N3O2S.HI/c1-18-15(19-9-5-6-23(21,22)8-9)20-13-7-10(13)14-11(16)3-2-4-12(14)17;/h2-4,9-10,13H,5-8H2,1H3,(H2,18,19,20);1H. The maximum absolute atomic E-state index is 13.8. The largest absolute Gasteiger partial charge is 0.353 e. The molecule has 0 spiro atoms. The number of hydrogen-bond donors (Lipinski definition) is 2. The van der Waals surface area contributed by atoms with Crippen LogP contribution in [0.15, 0.2) is 23.2 Å². The molecule has 2 N–H and O–H groups in total. The first-order valence-electron chi connectivity index (χ1n) is 7.54. The second-order valence-corrected chi connectivity index (χ2v) is 8.27. The number of nitrogens with one attached hydrogen (secondary N) is 2. The van der Waals surface area contributed by atoms with Crippen LogP contribution in [0.1, 0.15) is 24.3 Å². The minimum absolute atomic E-state index is 0. The lowest BCUT2D eigenvalue weighted by molar-refractivity contribution is 0.553. The zero-order valence-corrected chi connectivity index (χ0v) is 16.3. The van der Waals surface area contributed by atoms with Gasteiger partial charge in [-0.15, -0.1) is 24.0 Å². The van der Waals surface area contributed by atoms with Crippen LogP contribution in [0.2, 0.25) is 0 Å². The summed E-state index contributed by atoms with van der Waals surface area (Å²) >= 11 is 0. The molecule has 0 amide bonds. The number of nitrogens with zero attached hydrogens (tertiary/aromatic N) is 1. The van der Waals surface area contributed by atoms with Crippen molar-refractivity contribution in [3.05, 3.63) is 35.4 Å². The van der Waals surface area contributed by atoms with Crippen LogP contribution in [-0.4, -0.2) is 45.0 Å². The highest BCUT2D eigenvalue weighted by Crippen LogP contribution is 2.43. The molecular formula is C15H20F2IN3O2S. The van der Waals surface area contributed by atoms with Gasteiger partial charge in [0.05, 0.1) is 11.5 Å². The summed E-state index contributed by atoms with van der Waals surface area (Å²) in [6.45, 7) is 0. The number of guanidine groups is 1. The lowest BCUT2D eigenvalue weighted by Crippen LogP contribution is -2.45. The van der Waals surface area contributed by atoms with E-state index < -0.39 is 21.5 Å². The van der Waals surface area contributed by atoms with Gasteiger partial charge in [0.15, 0.2) is 15.8 Å². The Balaban J connectivity index is 0.00000208. The van der Waals surface area contributed by atoms with Gasteiger partial charge in [-0.1, -0.05) is 6.07 Å². The lowest BCUT2D eigenvalue weighted by Gasteiger charge is -2.16. The Morgan fingerprint density at radius 3 is 2.46 bits per heavy atom. The summed E-state index contributed by atoms with van der Waals surface area (Å²) in [6, 6.07) is 3.58. The second-order valence-electron chi connectivity index (χ2n) is 6.04. The van der Waals surface area contributed by atoms with E-state index in [1.165, 1.54) is 18.2 Å². The van der Waals surface area contributed by atoms with Crippen LogP contribution in [0.5, 0.6) is 0 Å². The molecule has 2 fully saturated rings. The fourth-order valence-corrected chi connectivity index (χ4v) is 4.66. The quantitative estimate of drug-likeness (QED) is 0.401. The molecular weight excluding hydrogens is 451 g/mol. The Morgan fingerprint density at radius 2 is 1.92 bits per heavy atom. The summed E-state index contributed by atoms with van der Waals surface area (Å²) in [4.78, 5) is 4.06. The van der Waals surface area contributed by atoms with E-state index in [0.29, 0.717) is 18.8 Å². The Bertz CT molecular complexity index is 722. The van der Waals surface area contributed by atoms with Crippen LogP contribution in [0, 0.1) is 11.6 Å². The number of sulfone groups is 1. The van der Waals surface area contributed by atoms with E-state index in [4.69, 9.17) is 0 Å². The number of aliphatic imine (C=N–C) groups is 1. The molecule has 1 aromatic carbocycles. The fourth-order valence-electron chi connectivity index (χ4n) is 2.99. The van der Waals surface area contributed by atoms with Gasteiger partial charge in [0, 0.05) is 30.6 Å². The van der Waals surface area contributed by atoms with Gasteiger partial charge in [-0.3, -0.25) is 4.99 Å². The zero-order chi connectivity index (χ0) is 16.6. The Labute approximate surface area is 157 Å². The van der Waals surface area contributed by atoms with Gasteiger partial charge in [-0.05, 0) is 25.0 Å². The van der Waals surface area contributed by atoms with E-state index in [9.17, 15) is 17.2 Å². The van der Waals surface area contributed by atoms with Gasteiger partial charge in [0.1, 0.15) is 11.6 Å². The van der Waals surface area contributed by atoms with Gasteiger partial charge >= 0.3 is 0 Å². The first-order chi connectivity index (χ1) is 10.9. The Hall–Kier alpha value is -0.970. The molecule has 0 aromatic heterocycles.